The topological polar surface area (TPSA) is 43.9 Å². The Bertz CT molecular complexity index is 598. The van der Waals surface area contributed by atoms with Gasteiger partial charge in [-0.1, -0.05) is 0 Å². The molecule has 1 aromatic rings. The van der Waals surface area contributed by atoms with Crippen LogP contribution in [0.2, 0.25) is 0 Å². The first-order chi connectivity index (χ1) is 10.5. The predicted octanol–water partition coefficient (Wildman–Crippen LogP) is 1.46. The number of hydrogen-bond acceptors (Lipinski definition) is 5. The van der Waals surface area contributed by atoms with Gasteiger partial charge in [0, 0.05) is 37.1 Å². The number of sulfonamides is 1. The van der Waals surface area contributed by atoms with Crippen LogP contribution in [-0.4, -0.2) is 74.9 Å². The molecule has 0 bridgehead atoms. The van der Waals surface area contributed by atoms with Gasteiger partial charge in [0.25, 0.3) is 10.0 Å². The fraction of sp³-hybridized carbons (Fsp3) is 0.733. The Kier molecular flexibility index (Phi) is 4.89. The van der Waals surface area contributed by atoms with Gasteiger partial charge in [0.05, 0.1) is 0 Å². The van der Waals surface area contributed by atoms with E-state index < -0.39 is 10.0 Å². The van der Waals surface area contributed by atoms with Gasteiger partial charge in [0.2, 0.25) is 0 Å². The van der Waals surface area contributed by atoms with Crippen LogP contribution < -0.4 is 0 Å². The molecule has 0 N–H and O–H groups in total. The monoisotopic (exact) mass is 343 g/mol. The quantitative estimate of drug-likeness (QED) is 0.833. The van der Waals surface area contributed by atoms with E-state index in [1.54, 1.807) is 10.4 Å². The summed E-state index contributed by atoms with van der Waals surface area (Å²) in [6.07, 6.45) is 2.40. The molecule has 0 radical (unpaired) electrons. The summed E-state index contributed by atoms with van der Waals surface area (Å²) in [4.78, 5) is 5.90. The van der Waals surface area contributed by atoms with Crippen LogP contribution in [0.4, 0.5) is 0 Å². The summed E-state index contributed by atoms with van der Waals surface area (Å²) in [5.41, 5.74) is 0. The van der Waals surface area contributed by atoms with E-state index in [1.807, 2.05) is 13.0 Å². The van der Waals surface area contributed by atoms with Crippen molar-refractivity contribution in [1.82, 2.24) is 14.1 Å². The largest absolute Gasteiger partial charge is 0.306 e. The fourth-order valence-electron chi connectivity index (χ4n) is 3.35. The predicted molar refractivity (Wildman–Crippen MR) is 89.9 cm³/mol. The lowest BCUT2D eigenvalue weighted by molar-refractivity contribution is 0.0893. The number of aryl methyl sites for hydroxylation is 1. The molecule has 5 nitrogen and oxygen atoms in total. The van der Waals surface area contributed by atoms with Crippen LogP contribution in [0.3, 0.4) is 0 Å². The Labute approximate surface area is 137 Å². The highest BCUT2D eigenvalue weighted by atomic mass is 32.2. The van der Waals surface area contributed by atoms with E-state index >= 15 is 0 Å². The number of nitrogens with zero attached hydrogens (tertiary/aromatic N) is 3. The molecule has 0 aliphatic carbocycles. The summed E-state index contributed by atoms with van der Waals surface area (Å²) < 4.78 is 27.4. The third kappa shape index (κ3) is 3.38. The Hall–Kier alpha value is -0.470. The minimum Gasteiger partial charge on any atom is -0.306 e. The molecule has 2 aliphatic heterocycles. The number of hydrogen-bond donors (Lipinski definition) is 0. The van der Waals surface area contributed by atoms with Gasteiger partial charge in [0.1, 0.15) is 4.21 Å². The molecule has 0 saturated carbocycles. The fourth-order valence-corrected chi connectivity index (χ4v) is 6.21. The molecule has 2 aliphatic rings. The van der Waals surface area contributed by atoms with Crippen LogP contribution in [-0.2, 0) is 10.0 Å². The highest BCUT2D eigenvalue weighted by molar-refractivity contribution is 7.91. The van der Waals surface area contributed by atoms with Crippen LogP contribution in [0, 0.1) is 6.92 Å². The highest BCUT2D eigenvalue weighted by Crippen LogP contribution is 2.26. The van der Waals surface area contributed by atoms with Crippen LogP contribution >= 0.6 is 11.3 Å². The van der Waals surface area contributed by atoms with Gasteiger partial charge >= 0.3 is 0 Å². The molecule has 124 valence electrons. The van der Waals surface area contributed by atoms with Crippen molar-refractivity contribution in [3.8, 4) is 0 Å². The minimum absolute atomic E-state index is 0.484. The first-order valence-electron chi connectivity index (χ1n) is 7.96. The average Bonchev–Trinajstić information content (AvgIpc) is 2.96. The molecule has 7 heteroatoms. The summed E-state index contributed by atoms with van der Waals surface area (Å²) in [6, 6.07) is 4.25. The molecule has 0 atom stereocenters. The second-order valence-electron chi connectivity index (χ2n) is 6.34. The summed E-state index contributed by atoms with van der Waals surface area (Å²) in [7, 11) is -1.12. The molecule has 3 rings (SSSR count). The molecule has 2 fully saturated rings. The number of piperazine rings is 1. The van der Waals surface area contributed by atoms with Gasteiger partial charge in [-0.2, -0.15) is 4.31 Å². The molecule has 0 aromatic carbocycles. The van der Waals surface area contributed by atoms with Crippen molar-refractivity contribution in [3.63, 3.8) is 0 Å². The second-order valence-corrected chi connectivity index (χ2v) is 9.79. The van der Waals surface area contributed by atoms with Crippen LogP contribution in [0.1, 0.15) is 17.7 Å². The second kappa shape index (κ2) is 6.57. The summed E-state index contributed by atoms with van der Waals surface area (Å²) in [5.74, 6) is 0. The van der Waals surface area contributed by atoms with Crippen molar-refractivity contribution in [2.45, 2.75) is 30.0 Å². The molecule has 0 unspecified atom stereocenters. The van der Waals surface area contributed by atoms with Crippen molar-refractivity contribution in [3.05, 3.63) is 17.0 Å². The maximum absolute atomic E-state index is 12.6. The molecule has 0 amide bonds. The van der Waals surface area contributed by atoms with Crippen LogP contribution in [0.5, 0.6) is 0 Å². The standard InChI is InChI=1S/C15H25N3O2S2/c1-13-3-4-15(21-13)22(19,20)18-11-9-17(10-12-18)14-5-7-16(2)8-6-14/h3-4,14H,5-12H2,1-2H3. The lowest BCUT2D eigenvalue weighted by Gasteiger charge is -2.41. The molecule has 3 heterocycles. The van der Waals surface area contributed by atoms with E-state index in [0.29, 0.717) is 23.3 Å². The lowest BCUT2D eigenvalue weighted by atomic mass is 10.0. The van der Waals surface area contributed by atoms with E-state index in [0.717, 1.165) is 31.1 Å². The van der Waals surface area contributed by atoms with E-state index in [1.165, 1.54) is 24.2 Å². The maximum atomic E-state index is 12.6. The van der Waals surface area contributed by atoms with E-state index in [-0.39, 0.29) is 0 Å². The first-order valence-corrected chi connectivity index (χ1v) is 10.2. The van der Waals surface area contributed by atoms with Crippen molar-refractivity contribution in [2.75, 3.05) is 46.3 Å². The first kappa shape index (κ1) is 16.4. The van der Waals surface area contributed by atoms with Crippen molar-refractivity contribution in [1.29, 1.82) is 0 Å². The Balaban J connectivity index is 1.59. The zero-order valence-electron chi connectivity index (χ0n) is 13.4. The van der Waals surface area contributed by atoms with Crippen molar-refractivity contribution in [2.24, 2.45) is 0 Å². The molecular formula is C15H25N3O2S2. The van der Waals surface area contributed by atoms with Gasteiger partial charge in [-0.15, -0.1) is 11.3 Å². The minimum atomic E-state index is -3.29. The van der Waals surface area contributed by atoms with Gasteiger partial charge in [-0.25, -0.2) is 8.42 Å². The number of rotatable bonds is 3. The number of likely N-dealkylation sites (tertiary alicyclic amines) is 1. The Morgan fingerprint density at radius 2 is 1.68 bits per heavy atom. The van der Waals surface area contributed by atoms with Gasteiger partial charge in [0.15, 0.2) is 0 Å². The van der Waals surface area contributed by atoms with Gasteiger partial charge in [-0.05, 0) is 52.0 Å². The third-order valence-corrected chi connectivity index (χ3v) is 8.15. The van der Waals surface area contributed by atoms with Crippen molar-refractivity contribution < 1.29 is 8.42 Å². The normalized spacial score (nSPS) is 23.9. The molecule has 2 saturated heterocycles. The maximum Gasteiger partial charge on any atom is 0.252 e. The summed E-state index contributed by atoms with van der Waals surface area (Å²) in [6.45, 7) is 7.20. The summed E-state index contributed by atoms with van der Waals surface area (Å²) in [5, 5.41) is 0. The zero-order valence-corrected chi connectivity index (χ0v) is 15.0. The Morgan fingerprint density at radius 3 is 2.23 bits per heavy atom. The highest BCUT2D eigenvalue weighted by Gasteiger charge is 2.32. The van der Waals surface area contributed by atoms with Crippen LogP contribution in [0.25, 0.3) is 0 Å². The SMILES string of the molecule is Cc1ccc(S(=O)(=O)N2CCN(C3CCN(C)CC3)CC2)s1. The van der Waals surface area contributed by atoms with E-state index in [4.69, 9.17) is 0 Å². The number of thiophene rings is 1. The van der Waals surface area contributed by atoms with Gasteiger partial charge in [-0.3, -0.25) is 4.90 Å². The third-order valence-electron chi connectivity index (χ3n) is 4.79. The van der Waals surface area contributed by atoms with E-state index in [9.17, 15) is 8.42 Å². The smallest absolute Gasteiger partial charge is 0.252 e. The zero-order chi connectivity index (χ0) is 15.7. The number of piperidine rings is 1. The van der Waals surface area contributed by atoms with E-state index in [2.05, 4.69) is 16.8 Å². The average molecular weight is 344 g/mol. The molecular weight excluding hydrogens is 318 g/mol. The molecule has 22 heavy (non-hydrogen) atoms. The lowest BCUT2D eigenvalue weighted by Crippen LogP contribution is -2.53. The van der Waals surface area contributed by atoms with Crippen molar-refractivity contribution >= 4 is 21.4 Å². The molecule has 0 spiro atoms. The Morgan fingerprint density at radius 1 is 1.05 bits per heavy atom. The summed E-state index contributed by atoms with van der Waals surface area (Å²) >= 11 is 1.37. The van der Waals surface area contributed by atoms with Gasteiger partial charge < -0.3 is 4.90 Å². The van der Waals surface area contributed by atoms with Crippen LogP contribution in [0.15, 0.2) is 16.3 Å². The molecule has 1 aromatic heterocycles.